The molecule has 1 atom stereocenters. The number of hydrogen-bond donors (Lipinski definition) is 2. The molecule has 6 rings (SSSR count). The predicted octanol–water partition coefficient (Wildman–Crippen LogP) is 4.37. The molecule has 2 aliphatic heterocycles. The van der Waals surface area contributed by atoms with Gasteiger partial charge in [0.1, 0.15) is 17.3 Å². The molecule has 190 valence electrons. The van der Waals surface area contributed by atoms with Gasteiger partial charge in [0.15, 0.2) is 5.65 Å². The number of hydrogen-bond acceptors (Lipinski definition) is 6. The first-order chi connectivity index (χ1) is 17.4. The summed E-state index contributed by atoms with van der Waals surface area (Å²) in [6.07, 6.45) is 5.36. The second kappa shape index (κ2) is 9.28. The number of aromatic nitrogens is 4. The minimum atomic E-state index is -0.329. The van der Waals surface area contributed by atoms with Crippen LogP contribution in [0.5, 0.6) is 0 Å². The highest BCUT2D eigenvalue weighted by Gasteiger charge is 2.32. The number of piperidine rings is 1. The normalized spacial score (nSPS) is 19.7. The first-order valence-electron chi connectivity index (χ1n) is 13.0. The van der Waals surface area contributed by atoms with Crippen LogP contribution in [-0.4, -0.2) is 69.3 Å². The summed E-state index contributed by atoms with van der Waals surface area (Å²) < 4.78 is 7.56. The molecule has 2 saturated heterocycles. The Hall–Kier alpha value is -2.75. The lowest BCUT2D eigenvalue weighted by Crippen LogP contribution is -2.51. The van der Waals surface area contributed by atoms with Crippen LogP contribution in [0.1, 0.15) is 60.1 Å². The van der Waals surface area contributed by atoms with E-state index in [1.165, 1.54) is 31.9 Å². The van der Waals surface area contributed by atoms with Gasteiger partial charge in [0.2, 0.25) is 0 Å². The minimum Gasteiger partial charge on any atom is -0.366 e. The second-order valence-corrected chi connectivity index (χ2v) is 11.5. The van der Waals surface area contributed by atoms with Crippen molar-refractivity contribution in [1.29, 1.82) is 0 Å². The van der Waals surface area contributed by atoms with Crippen molar-refractivity contribution >= 4 is 33.1 Å². The van der Waals surface area contributed by atoms with Gasteiger partial charge in [-0.2, -0.15) is 5.10 Å². The van der Waals surface area contributed by atoms with E-state index in [9.17, 15) is 4.79 Å². The summed E-state index contributed by atoms with van der Waals surface area (Å²) in [4.78, 5) is 25.8. The number of aryl methyl sites for hydroxylation is 2. The third-order valence-electron chi connectivity index (χ3n) is 7.77. The van der Waals surface area contributed by atoms with Crippen molar-refractivity contribution in [2.75, 3.05) is 32.8 Å². The molecule has 0 unspecified atom stereocenters. The number of likely N-dealkylation sites (tertiary alicyclic amines) is 1. The fraction of sp³-hybridized carbons (Fsp3) is 0.519. The summed E-state index contributed by atoms with van der Waals surface area (Å²) in [7, 11) is 0. The van der Waals surface area contributed by atoms with Gasteiger partial charge in [-0.1, -0.05) is 13.8 Å². The van der Waals surface area contributed by atoms with Crippen LogP contribution in [0.2, 0.25) is 0 Å². The number of rotatable bonds is 4. The lowest BCUT2D eigenvalue weighted by Gasteiger charge is -2.35. The van der Waals surface area contributed by atoms with Gasteiger partial charge in [0, 0.05) is 48.2 Å². The number of aromatic amines is 1. The van der Waals surface area contributed by atoms with Crippen LogP contribution in [0.4, 0.5) is 0 Å². The Labute approximate surface area is 215 Å². The van der Waals surface area contributed by atoms with Crippen molar-refractivity contribution in [3.63, 3.8) is 0 Å². The molecule has 4 aromatic rings. The predicted molar refractivity (Wildman–Crippen MR) is 143 cm³/mol. The molecule has 4 aromatic heterocycles. The maximum absolute atomic E-state index is 12.9. The average Bonchev–Trinajstić information content (AvgIpc) is 3.59. The molecule has 0 spiro atoms. The summed E-state index contributed by atoms with van der Waals surface area (Å²) in [5.74, 6) is 1.01. The van der Waals surface area contributed by atoms with Crippen LogP contribution in [0.25, 0.3) is 27.1 Å². The Balaban J connectivity index is 1.28. The second-order valence-electron chi connectivity index (χ2n) is 10.5. The Bertz CT molecular complexity index is 1420. The molecule has 0 saturated carbocycles. The molecule has 6 heterocycles. The maximum atomic E-state index is 12.9. The van der Waals surface area contributed by atoms with Crippen molar-refractivity contribution in [1.82, 2.24) is 29.8 Å². The molecule has 36 heavy (non-hydrogen) atoms. The van der Waals surface area contributed by atoms with E-state index in [0.29, 0.717) is 25.0 Å². The Kier molecular flexibility index (Phi) is 6.09. The third kappa shape index (κ3) is 3.93. The number of nitrogens with zero attached hydrogens (tertiary/aromatic N) is 4. The maximum Gasteiger partial charge on any atom is 0.253 e. The molecule has 0 aliphatic carbocycles. The zero-order chi connectivity index (χ0) is 25.0. The first kappa shape index (κ1) is 23.6. The molecular formula is C27H34N6O2S. The molecule has 8 nitrogen and oxygen atoms in total. The minimum absolute atomic E-state index is 0.141. The topological polar surface area (TPSA) is 87.5 Å². The van der Waals surface area contributed by atoms with Gasteiger partial charge in [-0.25, -0.2) is 9.50 Å². The van der Waals surface area contributed by atoms with Gasteiger partial charge in [0.25, 0.3) is 5.91 Å². The number of fused-ring (bicyclic) bond motifs is 2. The van der Waals surface area contributed by atoms with Gasteiger partial charge in [-0.15, -0.1) is 11.3 Å². The number of carbonyl (C=O) groups is 1. The Morgan fingerprint density at radius 1 is 1.25 bits per heavy atom. The van der Waals surface area contributed by atoms with Gasteiger partial charge in [-0.05, 0) is 61.3 Å². The van der Waals surface area contributed by atoms with Crippen molar-refractivity contribution in [2.24, 2.45) is 0 Å². The summed E-state index contributed by atoms with van der Waals surface area (Å²) >= 11 is 1.90. The SMILES string of the molecule is Cc1c(C2CCN(C(=O)[C@H]3CNCCO3)CC2)sc2[nH]c(-c3cc(C)c4ncnn4c3)c(C(C)C)c12. The van der Waals surface area contributed by atoms with E-state index >= 15 is 0 Å². The lowest BCUT2D eigenvalue weighted by atomic mass is 9.90. The monoisotopic (exact) mass is 506 g/mol. The quantitative estimate of drug-likeness (QED) is 0.429. The number of H-pyrrole nitrogens is 1. The Morgan fingerprint density at radius 3 is 2.78 bits per heavy atom. The van der Waals surface area contributed by atoms with Gasteiger partial charge < -0.3 is 19.9 Å². The van der Waals surface area contributed by atoms with Crippen LogP contribution in [-0.2, 0) is 9.53 Å². The summed E-state index contributed by atoms with van der Waals surface area (Å²) in [6.45, 7) is 12.6. The van der Waals surface area contributed by atoms with E-state index in [4.69, 9.17) is 4.74 Å². The van der Waals surface area contributed by atoms with Crippen LogP contribution >= 0.6 is 11.3 Å². The first-order valence-corrected chi connectivity index (χ1v) is 13.8. The fourth-order valence-corrected chi connectivity index (χ4v) is 7.36. The van der Waals surface area contributed by atoms with Crippen LogP contribution in [0.15, 0.2) is 18.6 Å². The molecule has 2 N–H and O–H groups in total. The van der Waals surface area contributed by atoms with Gasteiger partial charge in [0.05, 0.1) is 12.3 Å². The van der Waals surface area contributed by atoms with E-state index < -0.39 is 0 Å². The van der Waals surface area contributed by atoms with Crippen molar-refractivity contribution in [3.8, 4) is 11.3 Å². The molecule has 2 fully saturated rings. The van der Waals surface area contributed by atoms with E-state index in [2.05, 4.69) is 60.3 Å². The highest BCUT2D eigenvalue weighted by Crippen LogP contribution is 2.46. The largest absolute Gasteiger partial charge is 0.366 e. The lowest BCUT2D eigenvalue weighted by molar-refractivity contribution is -0.146. The van der Waals surface area contributed by atoms with Gasteiger partial charge >= 0.3 is 0 Å². The molecule has 9 heteroatoms. The Morgan fingerprint density at radius 2 is 2.06 bits per heavy atom. The number of amides is 1. The number of carbonyl (C=O) groups excluding carboxylic acids is 1. The zero-order valence-electron chi connectivity index (χ0n) is 21.4. The number of ether oxygens (including phenoxy) is 1. The van der Waals surface area contributed by atoms with E-state index in [-0.39, 0.29) is 12.0 Å². The van der Waals surface area contributed by atoms with Gasteiger partial charge in [-0.3, -0.25) is 4.79 Å². The fourth-order valence-electron chi connectivity index (χ4n) is 5.96. The van der Waals surface area contributed by atoms with Crippen LogP contribution < -0.4 is 5.32 Å². The number of pyridine rings is 1. The average molecular weight is 507 g/mol. The molecular weight excluding hydrogens is 472 g/mol. The molecule has 0 bridgehead atoms. The van der Waals surface area contributed by atoms with Crippen molar-refractivity contribution < 1.29 is 9.53 Å². The van der Waals surface area contributed by atoms with E-state index in [0.717, 1.165) is 49.2 Å². The highest BCUT2D eigenvalue weighted by atomic mass is 32.1. The summed E-state index contributed by atoms with van der Waals surface area (Å²) in [5, 5.41) is 9.02. The highest BCUT2D eigenvalue weighted by molar-refractivity contribution is 7.19. The molecule has 2 aliphatic rings. The summed E-state index contributed by atoms with van der Waals surface area (Å²) in [5.41, 5.74) is 7.11. The van der Waals surface area contributed by atoms with Crippen LogP contribution in [0, 0.1) is 13.8 Å². The third-order valence-corrected chi connectivity index (χ3v) is 9.14. The summed E-state index contributed by atoms with van der Waals surface area (Å²) in [6, 6.07) is 2.21. The number of morpholine rings is 1. The van der Waals surface area contributed by atoms with Crippen molar-refractivity contribution in [2.45, 2.75) is 58.5 Å². The number of nitrogens with one attached hydrogen (secondary N) is 2. The smallest absolute Gasteiger partial charge is 0.253 e. The molecule has 1 amide bonds. The van der Waals surface area contributed by atoms with Crippen LogP contribution in [0.3, 0.4) is 0 Å². The zero-order valence-corrected chi connectivity index (χ0v) is 22.2. The number of thiophene rings is 1. The standard InChI is InChI=1S/C27H34N6O2S/c1-15(2)21-22-17(4)24(18-5-8-32(9-6-18)27(34)20-12-28-7-10-35-20)36-26(22)31-23(21)19-11-16(3)25-29-14-30-33(25)13-19/h11,13-15,18,20,28,31H,5-10,12H2,1-4H3/t20-/m1/s1. The van der Waals surface area contributed by atoms with Crippen molar-refractivity contribution in [3.05, 3.63) is 40.2 Å². The van der Waals surface area contributed by atoms with E-state index in [1.54, 1.807) is 6.33 Å². The van der Waals surface area contributed by atoms with E-state index in [1.807, 2.05) is 20.8 Å². The molecule has 0 radical (unpaired) electrons. The molecule has 0 aromatic carbocycles.